The predicted octanol–water partition coefficient (Wildman–Crippen LogP) is 7.34. The average Bonchev–Trinajstić information content (AvgIpc) is 2.92. The van der Waals surface area contributed by atoms with Crippen molar-refractivity contribution in [1.82, 2.24) is 4.57 Å². The van der Waals surface area contributed by atoms with Crippen molar-refractivity contribution >= 4 is 21.8 Å². The summed E-state index contributed by atoms with van der Waals surface area (Å²) in [5, 5.41) is 2.75. The molecule has 2 heterocycles. The fourth-order valence-corrected chi connectivity index (χ4v) is 4.98. The number of hydrogen-bond acceptors (Lipinski definition) is 0. The number of benzene rings is 3. The van der Waals surface area contributed by atoms with Crippen molar-refractivity contribution in [1.29, 1.82) is 0 Å². The van der Waals surface area contributed by atoms with Gasteiger partial charge in [-0.25, -0.2) is 0 Å². The molecule has 1 aromatic heterocycles. The van der Waals surface area contributed by atoms with Gasteiger partial charge in [0.1, 0.15) is 0 Å². The molecule has 28 heavy (non-hydrogen) atoms. The Morgan fingerprint density at radius 1 is 0.750 bits per heavy atom. The molecule has 3 aromatic carbocycles. The summed E-state index contributed by atoms with van der Waals surface area (Å²) < 4.78 is 2.51. The highest BCUT2D eigenvalue weighted by Crippen LogP contribution is 2.48. The third kappa shape index (κ3) is 2.19. The monoisotopic (exact) mass is 367 g/mol. The van der Waals surface area contributed by atoms with Crippen LogP contribution < -0.4 is 0 Å². The fourth-order valence-electron chi connectivity index (χ4n) is 4.98. The molecular weight excluding hydrogens is 338 g/mol. The molecule has 1 aliphatic heterocycles. The summed E-state index contributed by atoms with van der Waals surface area (Å²) in [7, 11) is 0. The van der Waals surface area contributed by atoms with Crippen molar-refractivity contribution in [3.05, 3.63) is 76.3 Å². The van der Waals surface area contributed by atoms with Crippen LogP contribution in [0.4, 0.5) is 0 Å². The van der Waals surface area contributed by atoms with Gasteiger partial charge in [0.05, 0.1) is 16.7 Å². The van der Waals surface area contributed by atoms with E-state index in [1.165, 1.54) is 55.3 Å². The van der Waals surface area contributed by atoms with Gasteiger partial charge >= 0.3 is 0 Å². The molecular formula is C27H29N. The first-order valence-electron chi connectivity index (χ1n) is 10.3. The summed E-state index contributed by atoms with van der Waals surface area (Å²) in [5.74, 6) is 0. The van der Waals surface area contributed by atoms with E-state index in [-0.39, 0.29) is 10.8 Å². The molecule has 0 saturated carbocycles. The van der Waals surface area contributed by atoms with Gasteiger partial charge in [0.25, 0.3) is 0 Å². The second-order valence-corrected chi connectivity index (χ2v) is 10.2. The summed E-state index contributed by atoms with van der Waals surface area (Å²) in [6, 6.07) is 18.8. The third-order valence-corrected chi connectivity index (χ3v) is 6.61. The summed E-state index contributed by atoms with van der Waals surface area (Å²) >= 11 is 0. The SMILES string of the molecule is Cc1ccc2c(c1)c1cc(C)cc3c1n2-c1ccc(C(C)(C)C)cc1C3(C)C. The van der Waals surface area contributed by atoms with E-state index in [2.05, 4.69) is 102 Å². The van der Waals surface area contributed by atoms with Gasteiger partial charge in [0.15, 0.2) is 0 Å². The Morgan fingerprint density at radius 3 is 2.18 bits per heavy atom. The van der Waals surface area contributed by atoms with Crippen LogP contribution in [0.1, 0.15) is 62.4 Å². The summed E-state index contributed by atoms with van der Waals surface area (Å²) in [6.07, 6.45) is 0. The molecule has 0 unspecified atom stereocenters. The molecule has 142 valence electrons. The normalized spacial score (nSPS) is 15.2. The number of fused-ring (bicyclic) bond motifs is 5. The molecule has 0 fully saturated rings. The minimum absolute atomic E-state index is 0.0275. The molecule has 5 rings (SSSR count). The van der Waals surface area contributed by atoms with E-state index in [0.29, 0.717) is 0 Å². The van der Waals surface area contributed by atoms with Crippen LogP contribution in [-0.4, -0.2) is 4.57 Å². The second kappa shape index (κ2) is 5.29. The zero-order valence-corrected chi connectivity index (χ0v) is 18.1. The standard InChI is InChI=1S/C27H29N/c1-16-8-10-23-19(12-16)20-13-17(2)14-22-25(20)28(23)24-11-9-18(26(3,4)5)15-21(24)27(22,6)7/h8-15H,1-7H3. The Balaban J connectivity index is 2.01. The minimum Gasteiger partial charge on any atom is -0.309 e. The van der Waals surface area contributed by atoms with Crippen LogP contribution in [0.2, 0.25) is 0 Å². The molecule has 0 spiro atoms. The van der Waals surface area contributed by atoms with Crippen LogP contribution >= 0.6 is 0 Å². The van der Waals surface area contributed by atoms with Gasteiger partial charge in [-0.15, -0.1) is 0 Å². The van der Waals surface area contributed by atoms with Crippen LogP contribution in [0.15, 0.2) is 48.5 Å². The lowest BCUT2D eigenvalue weighted by Gasteiger charge is -2.36. The topological polar surface area (TPSA) is 4.93 Å². The van der Waals surface area contributed by atoms with E-state index in [9.17, 15) is 0 Å². The Kier molecular flexibility index (Phi) is 3.31. The Hall–Kier alpha value is -2.54. The predicted molar refractivity (Wildman–Crippen MR) is 121 cm³/mol. The minimum atomic E-state index is -0.0275. The van der Waals surface area contributed by atoms with Crippen molar-refractivity contribution in [3.8, 4) is 5.69 Å². The van der Waals surface area contributed by atoms with Crippen molar-refractivity contribution < 1.29 is 0 Å². The molecule has 4 aromatic rings. The first-order chi connectivity index (χ1) is 13.1. The molecule has 1 heteroatoms. The van der Waals surface area contributed by atoms with Crippen molar-refractivity contribution in [2.75, 3.05) is 0 Å². The smallest absolute Gasteiger partial charge is 0.0582 e. The third-order valence-electron chi connectivity index (χ3n) is 6.61. The molecule has 0 radical (unpaired) electrons. The van der Waals surface area contributed by atoms with Crippen molar-refractivity contribution in [2.24, 2.45) is 0 Å². The summed E-state index contributed by atoms with van der Waals surface area (Å²) in [5.41, 5.74) is 11.1. The lowest BCUT2D eigenvalue weighted by Crippen LogP contribution is -2.27. The van der Waals surface area contributed by atoms with E-state index in [1.807, 2.05) is 0 Å². The number of hydrogen-bond donors (Lipinski definition) is 0. The quantitative estimate of drug-likeness (QED) is 0.306. The lowest BCUT2D eigenvalue weighted by atomic mass is 9.72. The molecule has 0 aliphatic carbocycles. The van der Waals surface area contributed by atoms with Crippen LogP contribution in [-0.2, 0) is 10.8 Å². The molecule has 0 saturated heterocycles. The van der Waals surface area contributed by atoms with E-state index in [1.54, 1.807) is 0 Å². The zero-order chi connectivity index (χ0) is 20.0. The first kappa shape index (κ1) is 17.6. The number of aromatic nitrogens is 1. The number of nitrogens with zero attached hydrogens (tertiary/aromatic N) is 1. The molecule has 0 bridgehead atoms. The van der Waals surface area contributed by atoms with Crippen LogP contribution in [0.25, 0.3) is 27.5 Å². The van der Waals surface area contributed by atoms with Gasteiger partial charge in [-0.1, -0.05) is 70.0 Å². The molecule has 0 atom stereocenters. The maximum atomic E-state index is 2.51. The summed E-state index contributed by atoms with van der Waals surface area (Å²) in [4.78, 5) is 0. The van der Waals surface area contributed by atoms with Crippen LogP contribution in [0, 0.1) is 13.8 Å². The second-order valence-electron chi connectivity index (χ2n) is 10.2. The van der Waals surface area contributed by atoms with Gasteiger partial charge in [-0.05, 0) is 60.2 Å². The van der Waals surface area contributed by atoms with Crippen LogP contribution in [0.5, 0.6) is 0 Å². The maximum Gasteiger partial charge on any atom is 0.0582 e. The van der Waals surface area contributed by atoms with E-state index < -0.39 is 0 Å². The van der Waals surface area contributed by atoms with Crippen LogP contribution in [0.3, 0.4) is 0 Å². The lowest BCUT2D eigenvalue weighted by molar-refractivity contribution is 0.579. The Morgan fingerprint density at radius 2 is 1.46 bits per heavy atom. The number of aryl methyl sites for hydroxylation is 2. The fraction of sp³-hybridized carbons (Fsp3) is 0.333. The van der Waals surface area contributed by atoms with Gasteiger partial charge in [0, 0.05) is 16.2 Å². The Bertz CT molecular complexity index is 1280. The highest BCUT2D eigenvalue weighted by atomic mass is 15.0. The first-order valence-corrected chi connectivity index (χ1v) is 10.3. The van der Waals surface area contributed by atoms with E-state index in [4.69, 9.17) is 0 Å². The highest BCUT2D eigenvalue weighted by molar-refractivity contribution is 6.12. The average molecular weight is 368 g/mol. The largest absolute Gasteiger partial charge is 0.309 e. The maximum absolute atomic E-state index is 2.51. The van der Waals surface area contributed by atoms with Gasteiger partial charge in [-0.3, -0.25) is 0 Å². The van der Waals surface area contributed by atoms with Gasteiger partial charge < -0.3 is 4.57 Å². The molecule has 0 amide bonds. The van der Waals surface area contributed by atoms with E-state index >= 15 is 0 Å². The van der Waals surface area contributed by atoms with E-state index in [0.717, 1.165) is 0 Å². The highest BCUT2D eigenvalue weighted by Gasteiger charge is 2.36. The number of rotatable bonds is 0. The summed E-state index contributed by atoms with van der Waals surface area (Å²) in [6.45, 7) is 16.1. The molecule has 1 aliphatic rings. The van der Waals surface area contributed by atoms with Gasteiger partial charge in [0.2, 0.25) is 0 Å². The van der Waals surface area contributed by atoms with Crippen molar-refractivity contribution in [2.45, 2.75) is 59.3 Å². The van der Waals surface area contributed by atoms with Gasteiger partial charge in [-0.2, -0.15) is 0 Å². The molecule has 1 nitrogen and oxygen atoms in total. The Labute approximate surface area is 168 Å². The molecule has 0 N–H and O–H groups in total. The van der Waals surface area contributed by atoms with Crippen molar-refractivity contribution in [3.63, 3.8) is 0 Å². The zero-order valence-electron chi connectivity index (χ0n) is 18.1.